The Hall–Kier alpha value is -3.04. The summed E-state index contributed by atoms with van der Waals surface area (Å²) in [6, 6.07) is 5.79. The fourth-order valence-electron chi connectivity index (χ4n) is 4.44. The van der Waals surface area contributed by atoms with E-state index in [4.69, 9.17) is 26.1 Å². The molecule has 0 bridgehead atoms. The van der Waals surface area contributed by atoms with Crippen LogP contribution in [-0.4, -0.2) is 53.0 Å². The van der Waals surface area contributed by atoms with Crippen molar-refractivity contribution >= 4 is 45.6 Å². The predicted molar refractivity (Wildman–Crippen MR) is 130 cm³/mol. The van der Waals surface area contributed by atoms with Crippen molar-refractivity contribution in [2.45, 2.75) is 32.5 Å². The second-order valence-electron chi connectivity index (χ2n) is 8.58. The maximum atomic E-state index is 12.8. The molecule has 1 aromatic carbocycles. The van der Waals surface area contributed by atoms with Crippen LogP contribution in [0, 0.1) is 0 Å². The summed E-state index contributed by atoms with van der Waals surface area (Å²) in [4.78, 5) is 24.0. The van der Waals surface area contributed by atoms with E-state index in [0.717, 1.165) is 35.2 Å². The number of benzene rings is 1. The van der Waals surface area contributed by atoms with Crippen molar-refractivity contribution in [2.24, 2.45) is 7.05 Å². The number of halogens is 1. The Bertz CT molecular complexity index is 1250. The van der Waals surface area contributed by atoms with Gasteiger partial charge in [-0.1, -0.05) is 11.6 Å². The molecule has 2 aliphatic heterocycles. The van der Waals surface area contributed by atoms with Gasteiger partial charge >= 0.3 is 0 Å². The van der Waals surface area contributed by atoms with Crippen LogP contribution in [0.5, 0.6) is 5.75 Å². The molecule has 174 valence electrons. The van der Waals surface area contributed by atoms with E-state index in [-0.39, 0.29) is 17.8 Å². The number of aryl methyl sites for hydroxylation is 1. The Kier molecular flexibility index (Phi) is 5.76. The SMILES string of the molecule is CC1CN(c2ncc(Cl)c(Nc3ccc4c(c3)c3c(c(=O)n4C)OCCCN3)n2)CC(C)O1. The molecule has 10 heteroatoms. The van der Waals surface area contributed by atoms with Gasteiger partial charge in [0.1, 0.15) is 5.02 Å². The van der Waals surface area contributed by atoms with Gasteiger partial charge in [-0.2, -0.15) is 4.98 Å². The molecular weight excluding hydrogens is 444 g/mol. The highest BCUT2D eigenvalue weighted by atomic mass is 35.5. The molecule has 0 amide bonds. The molecule has 0 aliphatic carbocycles. The van der Waals surface area contributed by atoms with Crippen LogP contribution in [0.3, 0.4) is 0 Å². The number of anilines is 4. The first kappa shape index (κ1) is 21.8. The number of nitrogens with one attached hydrogen (secondary N) is 2. The molecule has 2 atom stereocenters. The monoisotopic (exact) mass is 470 g/mol. The highest BCUT2D eigenvalue weighted by molar-refractivity contribution is 6.32. The van der Waals surface area contributed by atoms with Crippen LogP contribution in [-0.2, 0) is 11.8 Å². The van der Waals surface area contributed by atoms with Crippen LogP contribution >= 0.6 is 11.6 Å². The number of rotatable bonds is 3. The molecule has 0 saturated carbocycles. The van der Waals surface area contributed by atoms with E-state index in [0.29, 0.717) is 42.2 Å². The zero-order valence-corrected chi connectivity index (χ0v) is 19.6. The number of hydrogen-bond donors (Lipinski definition) is 2. The molecule has 3 aromatic rings. The average molecular weight is 471 g/mol. The molecule has 2 N–H and O–H groups in total. The first-order valence-corrected chi connectivity index (χ1v) is 11.5. The molecule has 2 aliphatic rings. The molecule has 4 heterocycles. The lowest BCUT2D eigenvalue weighted by Crippen LogP contribution is -2.46. The molecule has 0 radical (unpaired) electrons. The Labute approximate surface area is 196 Å². The third-order valence-corrected chi connectivity index (χ3v) is 6.20. The number of morpholine rings is 1. The molecular formula is C23H27ClN6O3. The summed E-state index contributed by atoms with van der Waals surface area (Å²) >= 11 is 6.44. The maximum Gasteiger partial charge on any atom is 0.295 e. The van der Waals surface area contributed by atoms with E-state index < -0.39 is 0 Å². The minimum Gasteiger partial charge on any atom is -0.486 e. The topological polar surface area (TPSA) is 93.5 Å². The fraction of sp³-hybridized carbons (Fsp3) is 0.435. The predicted octanol–water partition coefficient (Wildman–Crippen LogP) is 3.53. The Morgan fingerprint density at radius 2 is 2.03 bits per heavy atom. The van der Waals surface area contributed by atoms with Gasteiger partial charge in [0.05, 0.1) is 36.2 Å². The zero-order valence-electron chi connectivity index (χ0n) is 18.9. The van der Waals surface area contributed by atoms with Crippen molar-refractivity contribution in [1.82, 2.24) is 14.5 Å². The normalized spacial score (nSPS) is 20.5. The number of nitrogens with zero attached hydrogens (tertiary/aromatic N) is 4. The van der Waals surface area contributed by atoms with Crippen molar-refractivity contribution < 1.29 is 9.47 Å². The standard InChI is InChI=1S/C23H27ClN6O3/c1-13-11-30(12-14(2)33-13)23-26-10-17(24)21(28-23)27-15-5-6-18-16(9-15)19-20(22(31)29(18)3)32-8-4-7-25-19/h5-6,9-10,13-14,25H,4,7-8,11-12H2,1-3H3,(H,26,27,28). The van der Waals surface area contributed by atoms with Gasteiger partial charge in [0.25, 0.3) is 5.56 Å². The minimum absolute atomic E-state index is 0.0987. The summed E-state index contributed by atoms with van der Waals surface area (Å²) in [5.41, 5.74) is 2.18. The van der Waals surface area contributed by atoms with Gasteiger partial charge in [0, 0.05) is 37.8 Å². The minimum atomic E-state index is -0.148. The van der Waals surface area contributed by atoms with Crippen molar-refractivity contribution in [2.75, 3.05) is 41.8 Å². The van der Waals surface area contributed by atoms with Crippen molar-refractivity contribution in [3.05, 3.63) is 39.8 Å². The third kappa shape index (κ3) is 4.18. The summed E-state index contributed by atoms with van der Waals surface area (Å²) in [5, 5.41) is 8.00. The van der Waals surface area contributed by atoms with Crippen LogP contribution < -0.4 is 25.8 Å². The first-order valence-electron chi connectivity index (χ1n) is 11.1. The third-order valence-electron chi connectivity index (χ3n) is 5.92. The van der Waals surface area contributed by atoms with Crippen LogP contribution in [0.25, 0.3) is 10.9 Å². The van der Waals surface area contributed by atoms with Gasteiger partial charge in [-0.3, -0.25) is 4.79 Å². The summed E-state index contributed by atoms with van der Waals surface area (Å²) < 4.78 is 13.2. The molecule has 33 heavy (non-hydrogen) atoms. The van der Waals surface area contributed by atoms with E-state index >= 15 is 0 Å². The van der Waals surface area contributed by atoms with Crippen LogP contribution in [0.1, 0.15) is 20.3 Å². The number of ether oxygens (including phenoxy) is 2. The van der Waals surface area contributed by atoms with E-state index in [9.17, 15) is 4.79 Å². The van der Waals surface area contributed by atoms with Gasteiger partial charge < -0.3 is 29.6 Å². The first-order chi connectivity index (χ1) is 15.9. The highest BCUT2D eigenvalue weighted by Crippen LogP contribution is 2.34. The van der Waals surface area contributed by atoms with Crippen molar-refractivity contribution in [3.8, 4) is 5.75 Å². The Balaban J connectivity index is 1.51. The van der Waals surface area contributed by atoms with Crippen LogP contribution in [0.2, 0.25) is 5.02 Å². The number of aromatic nitrogens is 3. The largest absolute Gasteiger partial charge is 0.486 e. The average Bonchev–Trinajstić information content (AvgIpc) is 3.05. The van der Waals surface area contributed by atoms with Gasteiger partial charge in [0.2, 0.25) is 11.7 Å². The maximum absolute atomic E-state index is 12.8. The zero-order chi connectivity index (χ0) is 23.1. The highest BCUT2D eigenvalue weighted by Gasteiger charge is 2.25. The lowest BCUT2D eigenvalue weighted by molar-refractivity contribution is -0.00571. The second kappa shape index (κ2) is 8.72. The summed E-state index contributed by atoms with van der Waals surface area (Å²) in [7, 11) is 1.75. The molecule has 9 nitrogen and oxygen atoms in total. The molecule has 1 fully saturated rings. The Morgan fingerprint density at radius 3 is 2.82 bits per heavy atom. The molecule has 2 unspecified atom stereocenters. The molecule has 1 saturated heterocycles. The second-order valence-corrected chi connectivity index (χ2v) is 8.99. The fourth-order valence-corrected chi connectivity index (χ4v) is 4.58. The molecule has 0 spiro atoms. The van der Waals surface area contributed by atoms with Gasteiger partial charge in [-0.25, -0.2) is 4.98 Å². The van der Waals surface area contributed by atoms with Crippen LogP contribution in [0.4, 0.5) is 23.1 Å². The van der Waals surface area contributed by atoms with Crippen molar-refractivity contribution in [3.63, 3.8) is 0 Å². The summed E-state index contributed by atoms with van der Waals surface area (Å²) in [6.45, 7) is 6.77. The van der Waals surface area contributed by atoms with Crippen molar-refractivity contribution in [1.29, 1.82) is 0 Å². The smallest absolute Gasteiger partial charge is 0.295 e. The lowest BCUT2D eigenvalue weighted by Gasteiger charge is -2.35. The summed E-state index contributed by atoms with van der Waals surface area (Å²) in [5.74, 6) is 1.49. The number of fused-ring (bicyclic) bond motifs is 3. The van der Waals surface area contributed by atoms with E-state index in [1.807, 2.05) is 32.0 Å². The van der Waals surface area contributed by atoms with E-state index in [2.05, 4.69) is 20.5 Å². The Morgan fingerprint density at radius 1 is 1.24 bits per heavy atom. The number of hydrogen-bond acceptors (Lipinski definition) is 8. The van der Waals surface area contributed by atoms with Gasteiger partial charge in [0.15, 0.2) is 5.82 Å². The van der Waals surface area contributed by atoms with Crippen LogP contribution in [0.15, 0.2) is 29.2 Å². The molecule has 2 aromatic heterocycles. The lowest BCUT2D eigenvalue weighted by atomic mass is 10.1. The van der Waals surface area contributed by atoms with Gasteiger partial charge in [-0.15, -0.1) is 0 Å². The molecule has 5 rings (SSSR count). The van der Waals surface area contributed by atoms with E-state index in [1.165, 1.54) is 0 Å². The summed E-state index contributed by atoms with van der Waals surface area (Å²) in [6.07, 6.45) is 2.64. The number of pyridine rings is 1. The van der Waals surface area contributed by atoms with Gasteiger partial charge in [-0.05, 0) is 38.5 Å². The van der Waals surface area contributed by atoms with E-state index in [1.54, 1.807) is 17.8 Å². The quantitative estimate of drug-likeness (QED) is 0.600.